The number of H-pyrrole nitrogens is 3. The van der Waals surface area contributed by atoms with Crippen LogP contribution < -0.4 is 24.9 Å². The third-order valence-electron chi connectivity index (χ3n) is 13.5. The highest BCUT2D eigenvalue weighted by molar-refractivity contribution is 7.88. The lowest BCUT2D eigenvalue weighted by Gasteiger charge is -2.46. The molecule has 10 rings (SSSR count). The highest BCUT2D eigenvalue weighted by atomic mass is 35.5. The molecule has 7 heterocycles. The normalized spacial score (nSPS) is 17.9. The Morgan fingerprint density at radius 3 is 1.64 bits per heavy atom. The Morgan fingerprint density at radius 1 is 0.694 bits per heavy atom. The second kappa shape index (κ2) is 20.6. The standard InChI is InChI=1S/C17H25N5O3S.C16H23N5O3S.C15H15ClN4S/c1-12(23)20(4)13-8-15-14(10-18-19-15)16(9-13)21-6-7-22(26(5,24)25)17(2,3)11-21;1-11(22)18-12-7-14-13(9-17-19-14)15(8-12)20-5-6-21(25(4,23)24)16(2,3)10-20;16-11-7-13-12(9-18-19-13)14(8-11)20-4-1-10(2-5-20)15-17-3-6-21-15/h8-10H,6-7,11H2,1-5H3,(H,18,19);7-9H,5-6,10H2,1-4H3,(H,17,19)(H,18,22);3,6-10H,1-2,4-5H2,(H,18,19). The molecule has 20 nitrogen and oxygen atoms in total. The van der Waals surface area contributed by atoms with Crippen molar-refractivity contribution < 1.29 is 26.4 Å². The molecule has 0 radical (unpaired) electrons. The van der Waals surface area contributed by atoms with E-state index in [1.54, 1.807) is 44.3 Å². The first-order valence-corrected chi connectivity index (χ1v) is 28.5. The summed E-state index contributed by atoms with van der Waals surface area (Å²) >= 11 is 7.99. The first-order valence-electron chi connectivity index (χ1n) is 23.6. The van der Waals surface area contributed by atoms with Crippen LogP contribution >= 0.6 is 22.9 Å². The molecule has 3 aromatic carbocycles. The molecule has 3 saturated heterocycles. The maximum atomic E-state index is 12.1. The van der Waals surface area contributed by atoms with Crippen LogP contribution in [0.25, 0.3) is 32.7 Å². The Balaban J connectivity index is 0.000000145. The molecule has 72 heavy (non-hydrogen) atoms. The third kappa shape index (κ3) is 11.5. The molecular formula is C48H63ClN14O6S3. The second-order valence-corrected chi connectivity index (χ2v) is 25.1. The Hall–Kier alpha value is -5.85. The summed E-state index contributed by atoms with van der Waals surface area (Å²) in [5, 5.41) is 31.2. The smallest absolute Gasteiger partial charge is 0.223 e. The zero-order valence-corrected chi connectivity index (χ0v) is 45.2. The molecule has 7 aromatic rings. The van der Waals surface area contributed by atoms with Gasteiger partial charge in [-0.05, 0) is 76.9 Å². The average molecular weight is 1060 g/mol. The van der Waals surface area contributed by atoms with Crippen molar-refractivity contribution in [3.63, 3.8) is 0 Å². The summed E-state index contributed by atoms with van der Waals surface area (Å²) in [5.41, 5.74) is 6.10. The fourth-order valence-corrected chi connectivity index (χ4v) is 14.0. The molecule has 0 spiro atoms. The Morgan fingerprint density at radius 2 is 1.18 bits per heavy atom. The van der Waals surface area contributed by atoms with E-state index in [1.165, 1.54) is 37.1 Å². The summed E-state index contributed by atoms with van der Waals surface area (Å²) in [5.74, 6) is 0.393. The van der Waals surface area contributed by atoms with Crippen LogP contribution in [0, 0.1) is 0 Å². The van der Waals surface area contributed by atoms with Crippen LogP contribution in [-0.2, 0) is 29.6 Å². The van der Waals surface area contributed by atoms with Crippen molar-refractivity contribution in [3.05, 3.63) is 76.6 Å². The minimum atomic E-state index is -3.27. The first-order chi connectivity index (χ1) is 33.9. The van der Waals surface area contributed by atoms with Gasteiger partial charge in [0.2, 0.25) is 31.9 Å². The topological polar surface area (TPSA) is 233 Å². The van der Waals surface area contributed by atoms with Gasteiger partial charge in [-0.3, -0.25) is 24.9 Å². The van der Waals surface area contributed by atoms with Crippen molar-refractivity contribution in [2.45, 2.75) is 71.4 Å². The molecule has 0 atom stereocenters. The third-order valence-corrected chi connectivity index (χ3v) is 17.6. The van der Waals surface area contributed by atoms with Crippen molar-refractivity contribution in [2.75, 3.05) is 96.8 Å². The van der Waals surface area contributed by atoms with Crippen LogP contribution in [0.1, 0.15) is 65.3 Å². The summed E-state index contributed by atoms with van der Waals surface area (Å²) in [6.45, 7) is 15.8. The van der Waals surface area contributed by atoms with Gasteiger partial charge < -0.3 is 24.9 Å². The largest absolute Gasteiger partial charge is 0.371 e. The van der Waals surface area contributed by atoms with Crippen LogP contribution in [0.5, 0.6) is 0 Å². The summed E-state index contributed by atoms with van der Waals surface area (Å²) in [7, 11) is -4.80. The molecule has 3 aliphatic rings. The fraction of sp³-hybridized carbons (Fsp3) is 0.458. The summed E-state index contributed by atoms with van der Waals surface area (Å²) in [6.07, 6.45) is 12.1. The van der Waals surface area contributed by atoms with Crippen molar-refractivity contribution >= 4 is 116 Å². The number of anilines is 5. The molecule has 2 amide bonds. The maximum Gasteiger partial charge on any atom is 0.223 e. The van der Waals surface area contributed by atoms with E-state index in [0.29, 0.717) is 50.9 Å². The number of hydrogen-bond donors (Lipinski definition) is 4. The number of halogens is 1. The lowest BCUT2D eigenvalue weighted by Crippen LogP contribution is -2.60. The number of piperidine rings is 1. The number of hydrogen-bond acceptors (Lipinski definition) is 14. The van der Waals surface area contributed by atoms with Gasteiger partial charge in [-0.15, -0.1) is 11.3 Å². The zero-order valence-electron chi connectivity index (χ0n) is 42.0. The number of carbonyl (C=O) groups is 2. The number of aromatic amines is 3. The Bertz CT molecular complexity index is 3310. The number of aromatic nitrogens is 7. The molecule has 0 saturated carbocycles. The lowest BCUT2D eigenvalue weighted by molar-refractivity contribution is -0.116. The molecule has 3 aliphatic heterocycles. The summed E-state index contributed by atoms with van der Waals surface area (Å²) in [6, 6.07) is 11.6. The fourth-order valence-electron chi connectivity index (χ4n) is 10.2. The van der Waals surface area contributed by atoms with Gasteiger partial charge in [0.25, 0.3) is 0 Å². The highest BCUT2D eigenvalue weighted by Gasteiger charge is 2.41. The number of thiazole rings is 1. The van der Waals surface area contributed by atoms with Crippen LogP contribution in [0.4, 0.5) is 28.4 Å². The number of fused-ring (bicyclic) bond motifs is 3. The lowest BCUT2D eigenvalue weighted by atomic mass is 9.97. The SMILES string of the molecule is CC(=O)N(C)c1cc(N2CCN(S(C)(=O)=O)C(C)(C)C2)c2cn[nH]c2c1.CC(=O)Nc1cc(N2CCN(S(C)(=O)=O)C(C)(C)C2)c2cn[nH]c2c1.Clc1cc(N2CCC(c3nccs3)CC2)c2cn[nH]c2c1. The van der Waals surface area contributed by atoms with E-state index >= 15 is 0 Å². The van der Waals surface area contributed by atoms with E-state index in [1.807, 2.05) is 76.5 Å². The number of amides is 2. The number of rotatable bonds is 8. The van der Waals surface area contributed by atoms with Crippen molar-refractivity contribution in [3.8, 4) is 0 Å². The van der Waals surface area contributed by atoms with E-state index < -0.39 is 31.1 Å². The first kappa shape index (κ1) is 52.5. The highest BCUT2D eigenvalue weighted by Crippen LogP contribution is 2.38. The molecule has 0 unspecified atom stereocenters. The molecule has 3 fully saturated rings. The predicted molar refractivity (Wildman–Crippen MR) is 289 cm³/mol. The second-order valence-electron chi connectivity index (χ2n) is 19.9. The van der Waals surface area contributed by atoms with E-state index in [-0.39, 0.29) is 11.8 Å². The molecule has 0 aliphatic carbocycles. The van der Waals surface area contributed by atoms with Gasteiger partial charge in [0.15, 0.2) is 0 Å². The summed E-state index contributed by atoms with van der Waals surface area (Å²) in [4.78, 5) is 35.9. The predicted octanol–water partition coefficient (Wildman–Crippen LogP) is 6.84. The number of piperazine rings is 2. The number of sulfonamides is 2. The Kier molecular flexibility index (Phi) is 15.0. The number of nitrogens with zero attached hydrogens (tertiary/aromatic N) is 10. The monoisotopic (exact) mass is 1060 g/mol. The van der Waals surface area contributed by atoms with Crippen LogP contribution in [0.15, 0.2) is 66.6 Å². The van der Waals surface area contributed by atoms with Gasteiger partial charge in [0.05, 0.1) is 52.7 Å². The van der Waals surface area contributed by atoms with Gasteiger partial charge in [0, 0.05) is 151 Å². The van der Waals surface area contributed by atoms with Crippen molar-refractivity contribution in [2.24, 2.45) is 0 Å². The van der Waals surface area contributed by atoms with Crippen molar-refractivity contribution in [1.29, 1.82) is 0 Å². The Labute approximate surface area is 429 Å². The van der Waals surface area contributed by atoms with Crippen molar-refractivity contribution in [1.82, 2.24) is 44.2 Å². The molecule has 4 N–H and O–H groups in total. The maximum absolute atomic E-state index is 12.1. The number of nitrogens with one attached hydrogen (secondary N) is 4. The van der Waals surface area contributed by atoms with Gasteiger partial charge in [0.1, 0.15) is 0 Å². The van der Waals surface area contributed by atoms with Crippen LogP contribution in [0.3, 0.4) is 0 Å². The van der Waals surface area contributed by atoms with E-state index in [2.05, 4.69) is 61.0 Å². The van der Waals surface area contributed by atoms with E-state index in [9.17, 15) is 26.4 Å². The zero-order chi connectivity index (χ0) is 51.9. The average Bonchev–Trinajstić information content (AvgIpc) is 4.15. The quantitative estimate of drug-likeness (QED) is 0.122. The summed E-state index contributed by atoms with van der Waals surface area (Å²) < 4.78 is 51.3. The minimum Gasteiger partial charge on any atom is -0.371 e. The van der Waals surface area contributed by atoms with Crippen LogP contribution in [-0.4, -0.2) is 156 Å². The van der Waals surface area contributed by atoms with Gasteiger partial charge in [-0.25, -0.2) is 21.8 Å². The van der Waals surface area contributed by atoms with E-state index in [4.69, 9.17) is 11.6 Å². The van der Waals surface area contributed by atoms with Gasteiger partial charge in [-0.1, -0.05) is 11.6 Å². The van der Waals surface area contributed by atoms with Gasteiger partial charge in [-0.2, -0.15) is 23.9 Å². The van der Waals surface area contributed by atoms with E-state index in [0.717, 1.165) is 80.7 Å². The molecule has 0 bridgehead atoms. The molecule has 386 valence electrons. The molecule has 4 aromatic heterocycles. The van der Waals surface area contributed by atoms with Crippen LogP contribution in [0.2, 0.25) is 5.02 Å². The number of carbonyl (C=O) groups excluding carboxylic acids is 2. The molecule has 24 heteroatoms. The minimum absolute atomic E-state index is 0.0583. The molecular weight excluding hydrogens is 1000 g/mol. The number of benzene rings is 3. The van der Waals surface area contributed by atoms with Gasteiger partial charge >= 0.3 is 0 Å².